The zero-order chi connectivity index (χ0) is 18.0. The van der Waals surface area contributed by atoms with Gasteiger partial charge in [-0.15, -0.1) is 11.3 Å². The minimum atomic E-state index is -1.13. The van der Waals surface area contributed by atoms with Gasteiger partial charge in [0, 0.05) is 18.6 Å². The van der Waals surface area contributed by atoms with Gasteiger partial charge >= 0.3 is 6.03 Å². The van der Waals surface area contributed by atoms with Crippen molar-refractivity contribution in [3.63, 3.8) is 0 Å². The maximum absolute atomic E-state index is 13.0. The van der Waals surface area contributed by atoms with Crippen LogP contribution in [-0.4, -0.2) is 41.3 Å². The Labute approximate surface area is 149 Å². The zero-order valence-electron chi connectivity index (χ0n) is 13.9. The predicted octanol–water partition coefficient (Wildman–Crippen LogP) is 1.96. The molecule has 1 N–H and O–H groups in total. The van der Waals surface area contributed by atoms with E-state index in [-0.39, 0.29) is 12.5 Å². The molecule has 0 radical (unpaired) electrons. The Morgan fingerprint density at radius 1 is 1.32 bits per heavy atom. The van der Waals surface area contributed by atoms with Crippen LogP contribution in [0.3, 0.4) is 0 Å². The lowest BCUT2D eigenvalue weighted by atomic mass is 9.87. The second-order valence-corrected chi connectivity index (χ2v) is 6.59. The quantitative estimate of drug-likeness (QED) is 0.829. The molecule has 1 aliphatic heterocycles. The summed E-state index contributed by atoms with van der Waals surface area (Å²) in [6.45, 7) is 1.51. The molecule has 7 nitrogen and oxygen atoms in total. The van der Waals surface area contributed by atoms with Crippen molar-refractivity contribution in [2.75, 3.05) is 18.5 Å². The molecule has 25 heavy (non-hydrogen) atoms. The summed E-state index contributed by atoms with van der Waals surface area (Å²) in [5, 5.41) is 5.04. The number of nitrogens with zero attached hydrogens (tertiary/aromatic N) is 3. The number of urea groups is 1. The number of rotatable bonds is 5. The number of carbonyl (C=O) groups excluding carboxylic acids is 3. The summed E-state index contributed by atoms with van der Waals surface area (Å²) in [5.74, 6) is -0.787. The number of nitrogens with one attached hydrogen (secondary N) is 1. The fraction of sp³-hybridized carbons (Fsp3) is 0.294. The van der Waals surface area contributed by atoms with Crippen molar-refractivity contribution in [2.24, 2.45) is 0 Å². The number of hydrogen-bond donors (Lipinski definition) is 1. The van der Waals surface area contributed by atoms with E-state index in [4.69, 9.17) is 0 Å². The van der Waals surface area contributed by atoms with Crippen LogP contribution in [0.5, 0.6) is 0 Å². The first-order chi connectivity index (χ1) is 12.0. The average Bonchev–Trinajstić information content (AvgIpc) is 3.25. The highest BCUT2D eigenvalue weighted by atomic mass is 32.1. The minimum absolute atomic E-state index is 0.324. The molecule has 1 aromatic heterocycles. The number of thiazole rings is 1. The molecule has 130 valence electrons. The van der Waals surface area contributed by atoms with Crippen LogP contribution in [0, 0.1) is 0 Å². The van der Waals surface area contributed by atoms with E-state index in [0.29, 0.717) is 17.1 Å². The number of hydrogen-bond acceptors (Lipinski definition) is 5. The first kappa shape index (κ1) is 17.1. The topological polar surface area (TPSA) is 82.6 Å². The van der Waals surface area contributed by atoms with Gasteiger partial charge in [-0.3, -0.25) is 19.4 Å². The fourth-order valence-corrected chi connectivity index (χ4v) is 3.49. The normalized spacial score (nSPS) is 19.8. The number of aromatic nitrogens is 1. The van der Waals surface area contributed by atoms with Gasteiger partial charge in [0.15, 0.2) is 5.13 Å². The monoisotopic (exact) mass is 358 g/mol. The van der Waals surface area contributed by atoms with Crippen LogP contribution < -0.4 is 10.2 Å². The van der Waals surface area contributed by atoms with E-state index in [1.807, 2.05) is 25.1 Å². The lowest BCUT2D eigenvalue weighted by Crippen LogP contribution is -2.45. The number of carbonyl (C=O) groups is 3. The molecule has 1 fully saturated rings. The molecule has 1 aliphatic rings. The Kier molecular flexibility index (Phi) is 4.54. The Hall–Kier alpha value is -2.74. The standard InChI is InChI=1S/C17H18N4O3S/c1-3-17(12-7-5-4-6-8-12)14(23)21(15(24)19-17)11-13(22)20(2)16-18-9-10-25-16/h4-10H,3,11H2,1-2H3,(H,19,24). The van der Waals surface area contributed by atoms with E-state index in [0.717, 1.165) is 4.90 Å². The van der Waals surface area contributed by atoms with Crippen molar-refractivity contribution in [3.8, 4) is 0 Å². The highest BCUT2D eigenvalue weighted by molar-refractivity contribution is 7.13. The summed E-state index contributed by atoms with van der Waals surface area (Å²) in [6, 6.07) is 8.52. The highest BCUT2D eigenvalue weighted by Crippen LogP contribution is 2.32. The molecule has 0 bridgehead atoms. The third kappa shape index (κ3) is 2.89. The highest BCUT2D eigenvalue weighted by Gasteiger charge is 2.51. The van der Waals surface area contributed by atoms with Crippen LogP contribution in [0.1, 0.15) is 18.9 Å². The zero-order valence-corrected chi connectivity index (χ0v) is 14.7. The summed E-state index contributed by atoms with van der Waals surface area (Å²) in [6.07, 6.45) is 1.99. The van der Waals surface area contributed by atoms with Crippen molar-refractivity contribution in [3.05, 3.63) is 47.5 Å². The van der Waals surface area contributed by atoms with Crippen molar-refractivity contribution in [1.82, 2.24) is 15.2 Å². The second kappa shape index (κ2) is 6.64. The summed E-state index contributed by atoms with van der Waals surface area (Å²) >= 11 is 1.31. The minimum Gasteiger partial charge on any atom is -0.319 e. The Balaban J connectivity index is 1.83. The largest absolute Gasteiger partial charge is 0.325 e. The molecular weight excluding hydrogens is 340 g/mol. The number of imide groups is 1. The van der Waals surface area contributed by atoms with Gasteiger partial charge in [0.25, 0.3) is 5.91 Å². The van der Waals surface area contributed by atoms with Gasteiger partial charge in [-0.05, 0) is 12.0 Å². The number of amides is 4. The lowest BCUT2D eigenvalue weighted by Gasteiger charge is -2.26. The summed E-state index contributed by atoms with van der Waals surface area (Å²) in [4.78, 5) is 44.2. The fourth-order valence-electron chi connectivity index (χ4n) is 2.86. The molecule has 4 amide bonds. The van der Waals surface area contributed by atoms with Crippen LogP contribution >= 0.6 is 11.3 Å². The van der Waals surface area contributed by atoms with E-state index < -0.39 is 17.5 Å². The molecule has 3 rings (SSSR count). The van der Waals surface area contributed by atoms with Crippen LogP contribution in [0.2, 0.25) is 0 Å². The summed E-state index contributed by atoms with van der Waals surface area (Å²) < 4.78 is 0. The van der Waals surface area contributed by atoms with Gasteiger partial charge < -0.3 is 5.32 Å². The number of likely N-dealkylation sites (N-methyl/N-ethyl adjacent to an activating group) is 1. The Morgan fingerprint density at radius 2 is 2.04 bits per heavy atom. The van der Waals surface area contributed by atoms with Crippen molar-refractivity contribution in [1.29, 1.82) is 0 Å². The Bertz CT molecular complexity index is 793. The SMILES string of the molecule is CCC1(c2ccccc2)NC(=O)N(CC(=O)N(C)c2nccs2)C1=O. The number of anilines is 1. The summed E-state index contributed by atoms with van der Waals surface area (Å²) in [7, 11) is 1.57. The van der Waals surface area contributed by atoms with Crippen LogP contribution in [-0.2, 0) is 15.1 Å². The maximum atomic E-state index is 13.0. The smallest absolute Gasteiger partial charge is 0.319 e. The molecule has 0 saturated carbocycles. The van der Waals surface area contributed by atoms with Gasteiger partial charge in [0.1, 0.15) is 12.1 Å². The molecule has 1 unspecified atom stereocenters. The van der Waals surface area contributed by atoms with E-state index in [2.05, 4.69) is 10.3 Å². The molecule has 0 aliphatic carbocycles. The second-order valence-electron chi connectivity index (χ2n) is 5.71. The van der Waals surface area contributed by atoms with E-state index in [1.165, 1.54) is 16.2 Å². The Morgan fingerprint density at radius 3 is 2.64 bits per heavy atom. The molecule has 1 aromatic carbocycles. The van der Waals surface area contributed by atoms with Crippen LogP contribution in [0.4, 0.5) is 9.93 Å². The van der Waals surface area contributed by atoms with Crippen molar-refractivity contribution >= 4 is 34.3 Å². The molecule has 8 heteroatoms. The van der Waals surface area contributed by atoms with Crippen molar-refractivity contribution in [2.45, 2.75) is 18.9 Å². The summed E-state index contributed by atoms with van der Waals surface area (Å²) in [5.41, 5.74) is -0.419. The van der Waals surface area contributed by atoms with Gasteiger partial charge in [0.05, 0.1) is 0 Å². The molecule has 2 aromatic rings. The molecular formula is C17H18N4O3S. The first-order valence-corrected chi connectivity index (χ1v) is 8.73. The molecule has 1 saturated heterocycles. The van der Waals surface area contributed by atoms with E-state index >= 15 is 0 Å². The van der Waals surface area contributed by atoms with Gasteiger partial charge in [-0.1, -0.05) is 37.3 Å². The van der Waals surface area contributed by atoms with Gasteiger partial charge in [-0.25, -0.2) is 9.78 Å². The van der Waals surface area contributed by atoms with E-state index in [9.17, 15) is 14.4 Å². The first-order valence-electron chi connectivity index (χ1n) is 7.85. The van der Waals surface area contributed by atoms with Crippen LogP contribution in [0.15, 0.2) is 41.9 Å². The molecule has 2 heterocycles. The van der Waals surface area contributed by atoms with E-state index in [1.54, 1.807) is 30.8 Å². The molecule has 0 spiro atoms. The van der Waals surface area contributed by atoms with Crippen molar-refractivity contribution < 1.29 is 14.4 Å². The average molecular weight is 358 g/mol. The number of benzene rings is 1. The third-order valence-corrected chi connectivity index (χ3v) is 5.19. The predicted molar refractivity (Wildman–Crippen MR) is 94.2 cm³/mol. The van der Waals surface area contributed by atoms with Gasteiger partial charge in [-0.2, -0.15) is 0 Å². The van der Waals surface area contributed by atoms with Gasteiger partial charge in [0.2, 0.25) is 5.91 Å². The lowest BCUT2D eigenvalue weighted by molar-refractivity contribution is -0.134. The van der Waals surface area contributed by atoms with Crippen LogP contribution in [0.25, 0.3) is 0 Å². The molecule has 1 atom stereocenters. The third-order valence-electron chi connectivity index (χ3n) is 4.35. The maximum Gasteiger partial charge on any atom is 0.325 e.